The second-order valence-corrected chi connectivity index (χ2v) is 5.65. The van der Waals surface area contributed by atoms with E-state index in [0.29, 0.717) is 29.2 Å². The van der Waals surface area contributed by atoms with Gasteiger partial charge in [0, 0.05) is 5.02 Å². The maximum absolute atomic E-state index is 5.89. The van der Waals surface area contributed by atoms with E-state index < -0.39 is 0 Å². The van der Waals surface area contributed by atoms with Gasteiger partial charge in [0.05, 0.1) is 6.54 Å². The molecule has 1 aromatic heterocycles. The number of nitrogens with zero attached hydrogens (tertiary/aromatic N) is 3. The van der Waals surface area contributed by atoms with E-state index in [0.717, 1.165) is 11.3 Å². The highest BCUT2D eigenvalue weighted by atomic mass is 35.5. The monoisotopic (exact) mass is 346 g/mol. The van der Waals surface area contributed by atoms with Gasteiger partial charge < -0.3 is 10.2 Å². The van der Waals surface area contributed by atoms with Gasteiger partial charge in [0.25, 0.3) is 0 Å². The van der Waals surface area contributed by atoms with Crippen LogP contribution in [-0.2, 0) is 13.2 Å². The Balaban J connectivity index is 1.65. The molecule has 0 aliphatic carbocycles. The van der Waals surface area contributed by atoms with E-state index in [-0.39, 0.29) is 0 Å². The van der Waals surface area contributed by atoms with Crippen molar-refractivity contribution in [1.29, 1.82) is 0 Å². The summed E-state index contributed by atoms with van der Waals surface area (Å²) in [7, 11) is 0. The minimum Gasteiger partial charge on any atom is -0.486 e. The first kappa shape index (κ1) is 15.7. The number of hydrogen-bond acceptors (Lipinski definition) is 5. The Bertz CT molecular complexity index is 762. The Morgan fingerprint density at radius 3 is 2.52 bits per heavy atom. The van der Waals surface area contributed by atoms with Crippen molar-refractivity contribution in [1.82, 2.24) is 14.9 Å². The zero-order valence-electron chi connectivity index (χ0n) is 12.2. The molecule has 0 aliphatic heterocycles. The molecule has 0 spiro atoms. The molecule has 0 bridgehead atoms. The highest BCUT2D eigenvalue weighted by Crippen LogP contribution is 2.13. The molecule has 1 N–H and O–H groups in total. The normalized spacial score (nSPS) is 10.5. The lowest BCUT2D eigenvalue weighted by Gasteiger charge is -2.12. The molecule has 0 unspecified atom stereocenters. The minimum absolute atomic E-state index is 0.297. The third kappa shape index (κ3) is 4.18. The Morgan fingerprint density at radius 2 is 1.78 bits per heavy atom. The highest BCUT2D eigenvalue weighted by molar-refractivity contribution is 7.80. The molecular formula is C16H15ClN4OS. The number of para-hydroxylation sites is 1. The minimum atomic E-state index is 0.297. The highest BCUT2D eigenvalue weighted by Gasteiger charge is 2.10. The molecule has 0 saturated carbocycles. The fraction of sp³-hybridized carbons (Fsp3) is 0.125. The number of nitrogens with one attached hydrogen (secondary N) is 1. The number of halogens is 1. The summed E-state index contributed by atoms with van der Waals surface area (Å²) in [5.41, 5.74) is 4.31. The molecule has 5 nitrogen and oxygen atoms in total. The zero-order chi connectivity index (χ0) is 16.1. The predicted molar refractivity (Wildman–Crippen MR) is 92.6 cm³/mol. The fourth-order valence-corrected chi connectivity index (χ4v) is 2.36. The van der Waals surface area contributed by atoms with Gasteiger partial charge in [-0.25, -0.2) is 4.68 Å². The smallest absolute Gasteiger partial charge is 0.207 e. The number of benzene rings is 2. The van der Waals surface area contributed by atoms with Crippen LogP contribution in [0.3, 0.4) is 0 Å². The predicted octanol–water partition coefficient (Wildman–Crippen LogP) is 3.54. The lowest BCUT2D eigenvalue weighted by molar-refractivity contribution is 0.290. The summed E-state index contributed by atoms with van der Waals surface area (Å²) < 4.78 is 7.41. The maximum atomic E-state index is 5.89. The third-order valence-electron chi connectivity index (χ3n) is 3.18. The molecule has 23 heavy (non-hydrogen) atoms. The SMILES string of the molecule is Sc1nnc(COc2ccccc2)n1NCc1ccc(Cl)cc1. The molecular weight excluding hydrogens is 332 g/mol. The van der Waals surface area contributed by atoms with Crippen LogP contribution in [0.25, 0.3) is 0 Å². The Morgan fingerprint density at radius 1 is 1.04 bits per heavy atom. The first-order valence-electron chi connectivity index (χ1n) is 7.02. The standard InChI is InChI=1S/C16H15ClN4OS/c17-13-8-6-12(7-9-13)10-18-21-15(19-20-16(21)23)11-22-14-4-2-1-3-5-14/h1-9,18H,10-11H2,(H,20,23). The van der Waals surface area contributed by atoms with Gasteiger partial charge >= 0.3 is 0 Å². The summed E-state index contributed by atoms with van der Waals surface area (Å²) in [4.78, 5) is 0. The molecule has 0 fully saturated rings. The Kier molecular flexibility index (Phi) is 5.05. The molecule has 0 aliphatic rings. The second kappa shape index (κ2) is 7.39. The number of rotatable bonds is 6. The van der Waals surface area contributed by atoms with Crippen LogP contribution < -0.4 is 10.2 Å². The quantitative estimate of drug-likeness (QED) is 0.670. The summed E-state index contributed by atoms with van der Waals surface area (Å²) in [6.45, 7) is 0.895. The van der Waals surface area contributed by atoms with E-state index >= 15 is 0 Å². The van der Waals surface area contributed by atoms with Gasteiger partial charge in [0.2, 0.25) is 5.16 Å². The van der Waals surface area contributed by atoms with Crippen molar-refractivity contribution in [3.05, 3.63) is 71.0 Å². The first-order chi connectivity index (χ1) is 11.2. The number of thiol groups is 1. The van der Waals surface area contributed by atoms with Gasteiger partial charge in [-0.05, 0) is 29.8 Å². The molecule has 118 valence electrons. The third-order valence-corrected chi connectivity index (χ3v) is 3.72. The van der Waals surface area contributed by atoms with Crippen molar-refractivity contribution in [2.75, 3.05) is 5.43 Å². The maximum Gasteiger partial charge on any atom is 0.207 e. The average molecular weight is 347 g/mol. The van der Waals surface area contributed by atoms with E-state index in [1.807, 2.05) is 54.6 Å². The Hall–Kier alpha value is -2.18. The van der Waals surface area contributed by atoms with Crippen LogP contribution in [0.5, 0.6) is 5.75 Å². The van der Waals surface area contributed by atoms with Crippen LogP contribution >= 0.6 is 24.2 Å². The lowest BCUT2D eigenvalue weighted by atomic mass is 10.2. The molecule has 2 aromatic carbocycles. The van der Waals surface area contributed by atoms with E-state index in [2.05, 4.69) is 28.3 Å². The van der Waals surface area contributed by atoms with Crippen LogP contribution in [0.1, 0.15) is 11.4 Å². The summed E-state index contributed by atoms with van der Waals surface area (Å²) in [5.74, 6) is 1.42. The van der Waals surface area contributed by atoms with Gasteiger partial charge in [-0.1, -0.05) is 41.9 Å². The number of ether oxygens (including phenoxy) is 1. The number of hydrogen-bond donors (Lipinski definition) is 2. The number of aromatic nitrogens is 3. The van der Waals surface area contributed by atoms with Gasteiger partial charge in [-0.3, -0.25) is 0 Å². The van der Waals surface area contributed by atoms with Crippen LogP contribution in [0.4, 0.5) is 0 Å². The molecule has 0 atom stereocenters. The lowest BCUT2D eigenvalue weighted by Crippen LogP contribution is -2.19. The first-order valence-corrected chi connectivity index (χ1v) is 7.84. The summed E-state index contributed by atoms with van der Waals surface area (Å²) in [5, 5.41) is 9.24. The van der Waals surface area contributed by atoms with Crippen molar-refractivity contribution in [3.63, 3.8) is 0 Å². The topological polar surface area (TPSA) is 52.0 Å². The zero-order valence-corrected chi connectivity index (χ0v) is 13.8. The molecule has 7 heteroatoms. The Labute approximate surface area is 144 Å². The summed E-state index contributed by atoms with van der Waals surface area (Å²) in [6.07, 6.45) is 0. The summed E-state index contributed by atoms with van der Waals surface area (Å²) >= 11 is 10.2. The van der Waals surface area contributed by atoms with E-state index in [9.17, 15) is 0 Å². The molecule has 0 saturated heterocycles. The summed E-state index contributed by atoms with van der Waals surface area (Å²) in [6, 6.07) is 17.2. The van der Waals surface area contributed by atoms with Gasteiger partial charge in [-0.15, -0.1) is 22.8 Å². The van der Waals surface area contributed by atoms with Crippen LogP contribution in [0.2, 0.25) is 5.02 Å². The van der Waals surface area contributed by atoms with Crippen molar-refractivity contribution < 1.29 is 4.74 Å². The van der Waals surface area contributed by atoms with Crippen molar-refractivity contribution in [2.24, 2.45) is 0 Å². The van der Waals surface area contributed by atoms with Crippen molar-refractivity contribution in [2.45, 2.75) is 18.3 Å². The van der Waals surface area contributed by atoms with E-state index in [1.54, 1.807) is 4.68 Å². The van der Waals surface area contributed by atoms with Crippen LogP contribution in [0.15, 0.2) is 59.8 Å². The molecule has 0 amide bonds. The molecule has 3 rings (SSSR count). The largest absolute Gasteiger partial charge is 0.486 e. The molecule has 3 aromatic rings. The van der Waals surface area contributed by atoms with Crippen molar-refractivity contribution >= 4 is 24.2 Å². The van der Waals surface area contributed by atoms with Gasteiger partial charge in [0.15, 0.2) is 5.82 Å². The average Bonchev–Trinajstić information content (AvgIpc) is 2.93. The van der Waals surface area contributed by atoms with Gasteiger partial charge in [0.1, 0.15) is 12.4 Å². The van der Waals surface area contributed by atoms with Crippen molar-refractivity contribution in [3.8, 4) is 5.75 Å². The van der Waals surface area contributed by atoms with Gasteiger partial charge in [-0.2, -0.15) is 0 Å². The fourth-order valence-electron chi connectivity index (χ4n) is 2.00. The van der Waals surface area contributed by atoms with E-state index in [1.165, 1.54) is 0 Å². The van der Waals surface area contributed by atoms with E-state index in [4.69, 9.17) is 16.3 Å². The second-order valence-electron chi connectivity index (χ2n) is 4.81. The van der Waals surface area contributed by atoms with Crippen LogP contribution in [-0.4, -0.2) is 14.9 Å². The molecule has 0 radical (unpaired) electrons. The van der Waals surface area contributed by atoms with Crippen LogP contribution in [0, 0.1) is 0 Å². The molecule has 1 heterocycles.